The molecule has 3 heteroatoms. The standard InChI is InChI=1S/C19H20N2O/c22-13-15-3-1-2-4-19(15)20-16-6-9-17(10-7-16)21-12-14-5-8-18(21)11-14/h1-4,6-7,9-10,13-14,18,20H,5,8,11-12H2/t14-,18+/m0/s1. The Labute approximate surface area is 131 Å². The smallest absolute Gasteiger partial charge is 0.152 e. The first-order valence-corrected chi connectivity index (χ1v) is 8.01. The van der Waals surface area contributed by atoms with Crippen LogP contribution in [0.15, 0.2) is 48.5 Å². The van der Waals surface area contributed by atoms with Crippen LogP contribution in [0.5, 0.6) is 0 Å². The van der Waals surface area contributed by atoms with Gasteiger partial charge < -0.3 is 10.2 Å². The Kier molecular flexibility index (Phi) is 3.34. The first kappa shape index (κ1) is 13.4. The van der Waals surface area contributed by atoms with Crippen LogP contribution >= 0.6 is 0 Å². The maximum absolute atomic E-state index is 11.1. The Hall–Kier alpha value is -2.29. The van der Waals surface area contributed by atoms with E-state index in [1.807, 2.05) is 24.3 Å². The number of para-hydroxylation sites is 1. The Balaban J connectivity index is 1.51. The van der Waals surface area contributed by atoms with Crippen LogP contribution in [-0.4, -0.2) is 18.9 Å². The second-order valence-electron chi connectivity index (χ2n) is 6.36. The van der Waals surface area contributed by atoms with Gasteiger partial charge in [-0.05, 0) is 61.6 Å². The number of hydrogen-bond acceptors (Lipinski definition) is 3. The molecule has 1 heterocycles. The van der Waals surface area contributed by atoms with Crippen LogP contribution in [0.3, 0.4) is 0 Å². The number of piperidine rings is 1. The molecule has 0 amide bonds. The molecule has 2 aliphatic rings. The lowest BCUT2D eigenvalue weighted by molar-refractivity contribution is 0.112. The van der Waals surface area contributed by atoms with Crippen LogP contribution in [0.25, 0.3) is 0 Å². The predicted molar refractivity (Wildman–Crippen MR) is 90.0 cm³/mol. The number of carbonyl (C=O) groups is 1. The van der Waals surface area contributed by atoms with Gasteiger partial charge in [0.2, 0.25) is 0 Å². The van der Waals surface area contributed by atoms with Gasteiger partial charge in [-0.15, -0.1) is 0 Å². The van der Waals surface area contributed by atoms with Crippen LogP contribution in [0, 0.1) is 5.92 Å². The number of aldehydes is 1. The lowest BCUT2D eigenvalue weighted by atomic mass is 10.1. The van der Waals surface area contributed by atoms with Crippen molar-refractivity contribution in [3.05, 3.63) is 54.1 Å². The normalized spacial score (nSPS) is 22.8. The molecule has 22 heavy (non-hydrogen) atoms. The van der Waals surface area contributed by atoms with Gasteiger partial charge in [0.1, 0.15) is 0 Å². The number of nitrogens with zero attached hydrogens (tertiary/aromatic N) is 1. The van der Waals surface area contributed by atoms with E-state index in [0.29, 0.717) is 5.56 Å². The van der Waals surface area contributed by atoms with Crippen LogP contribution in [0.1, 0.15) is 29.6 Å². The van der Waals surface area contributed by atoms with E-state index in [1.54, 1.807) is 0 Å². The average Bonchev–Trinajstić information content (AvgIpc) is 3.19. The molecule has 0 aromatic heterocycles. The summed E-state index contributed by atoms with van der Waals surface area (Å²) < 4.78 is 0. The molecular formula is C19H20N2O. The quantitative estimate of drug-likeness (QED) is 0.856. The number of hydrogen-bond donors (Lipinski definition) is 1. The molecule has 112 valence electrons. The van der Waals surface area contributed by atoms with Crippen LogP contribution in [-0.2, 0) is 0 Å². The summed E-state index contributed by atoms with van der Waals surface area (Å²) in [6.07, 6.45) is 5.01. The van der Waals surface area contributed by atoms with Crippen molar-refractivity contribution in [2.75, 3.05) is 16.8 Å². The van der Waals surface area contributed by atoms with E-state index in [4.69, 9.17) is 0 Å². The number of anilines is 3. The van der Waals surface area contributed by atoms with Gasteiger partial charge in [0, 0.05) is 35.2 Å². The Morgan fingerprint density at radius 3 is 2.55 bits per heavy atom. The monoisotopic (exact) mass is 292 g/mol. The van der Waals surface area contributed by atoms with Crippen LogP contribution in [0.2, 0.25) is 0 Å². The lowest BCUT2D eigenvalue weighted by Crippen LogP contribution is -2.31. The molecule has 2 fully saturated rings. The fraction of sp³-hybridized carbons (Fsp3) is 0.316. The maximum atomic E-state index is 11.1. The zero-order chi connectivity index (χ0) is 14.9. The van der Waals surface area contributed by atoms with Crippen molar-refractivity contribution in [2.24, 2.45) is 5.92 Å². The molecule has 1 aliphatic carbocycles. The van der Waals surface area contributed by atoms with E-state index in [9.17, 15) is 4.79 Å². The molecule has 1 saturated carbocycles. The molecule has 2 bridgehead atoms. The Morgan fingerprint density at radius 1 is 1.05 bits per heavy atom. The van der Waals surface area contributed by atoms with Gasteiger partial charge in [-0.25, -0.2) is 0 Å². The topological polar surface area (TPSA) is 32.3 Å². The highest BCUT2D eigenvalue weighted by molar-refractivity contribution is 5.86. The minimum atomic E-state index is 0.684. The van der Waals surface area contributed by atoms with Crippen molar-refractivity contribution in [3.8, 4) is 0 Å². The van der Waals surface area contributed by atoms with E-state index in [1.165, 1.54) is 31.5 Å². The molecule has 2 aromatic rings. The fourth-order valence-electron chi connectivity index (χ4n) is 3.85. The van der Waals surface area contributed by atoms with Gasteiger partial charge in [-0.1, -0.05) is 12.1 Å². The minimum Gasteiger partial charge on any atom is -0.368 e. The Morgan fingerprint density at radius 2 is 1.86 bits per heavy atom. The first-order valence-electron chi connectivity index (χ1n) is 8.01. The molecule has 4 rings (SSSR count). The SMILES string of the molecule is O=Cc1ccccc1Nc1ccc(N2C[C@H]3CC[C@@H]2C3)cc1. The maximum Gasteiger partial charge on any atom is 0.152 e. The molecule has 1 N–H and O–H groups in total. The third-order valence-corrected chi connectivity index (χ3v) is 4.97. The Bertz CT molecular complexity index is 680. The molecule has 1 aliphatic heterocycles. The van der Waals surface area contributed by atoms with Gasteiger partial charge in [0.15, 0.2) is 6.29 Å². The predicted octanol–water partition coefficient (Wildman–Crippen LogP) is 4.23. The number of carbonyl (C=O) groups excluding carboxylic acids is 1. The molecule has 0 radical (unpaired) electrons. The number of fused-ring (bicyclic) bond motifs is 2. The summed E-state index contributed by atoms with van der Waals surface area (Å²) in [4.78, 5) is 13.6. The summed E-state index contributed by atoms with van der Waals surface area (Å²) in [6.45, 7) is 1.21. The molecular weight excluding hydrogens is 272 g/mol. The highest BCUT2D eigenvalue weighted by atomic mass is 16.1. The molecule has 2 atom stereocenters. The van der Waals surface area contributed by atoms with Gasteiger partial charge in [-0.3, -0.25) is 4.79 Å². The van der Waals surface area contributed by atoms with Crippen LogP contribution in [0.4, 0.5) is 17.1 Å². The number of rotatable bonds is 4. The highest BCUT2D eigenvalue weighted by Gasteiger charge is 2.37. The van der Waals surface area contributed by atoms with Crippen molar-refractivity contribution in [1.29, 1.82) is 0 Å². The van der Waals surface area contributed by atoms with Gasteiger partial charge in [0.05, 0.1) is 0 Å². The van der Waals surface area contributed by atoms with Gasteiger partial charge in [-0.2, -0.15) is 0 Å². The lowest BCUT2D eigenvalue weighted by Gasteiger charge is -2.29. The van der Waals surface area contributed by atoms with Gasteiger partial charge in [0.25, 0.3) is 0 Å². The van der Waals surface area contributed by atoms with Crippen molar-refractivity contribution in [3.63, 3.8) is 0 Å². The molecule has 2 aromatic carbocycles. The van der Waals surface area contributed by atoms with Crippen LogP contribution < -0.4 is 10.2 Å². The second kappa shape index (κ2) is 5.48. The zero-order valence-electron chi connectivity index (χ0n) is 12.5. The van der Waals surface area contributed by atoms with E-state index >= 15 is 0 Å². The number of benzene rings is 2. The largest absolute Gasteiger partial charge is 0.368 e. The van der Waals surface area contributed by atoms with E-state index in [-0.39, 0.29) is 0 Å². The first-order chi connectivity index (χ1) is 10.8. The molecule has 0 spiro atoms. The summed E-state index contributed by atoms with van der Waals surface area (Å²) in [5.74, 6) is 0.905. The second-order valence-corrected chi connectivity index (χ2v) is 6.36. The number of nitrogens with one attached hydrogen (secondary N) is 1. The molecule has 1 saturated heterocycles. The third kappa shape index (κ3) is 2.37. The van der Waals surface area contributed by atoms with Gasteiger partial charge >= 0.3 is 0 Å². The van der Waals surface area contributed by atoms with E-state index < -0.39 is 0 Å². The fourth-order valence-corrected chi connectivity index (χ4v) is 3.85. The summed E-state index contributed by atoms with van der Waals surface area (Å²) in [6, 6.07) is 16.9. The molecule has 0 unspecified atom stereocenters. The summed E-state index contributed by atoms with van der Waals surface area (Å²) in [5, 5.41) is 3.33. The van der Waals surface area contributed by atoms with Crippen molar-refractivity contribution in [2.45, 2.75) is 25.3 Å². The average molecular weight is 292 g/mol. The van der Waals surface area contributed by atoms with E-state index in [0.717, 1.165) is 29.6 Å². The summed E-state index contributed by atoms with van der Waals surface area (Å²) in [5.41, 5.74) is 3.87. The third-order valence-electron chi connectivity index (χ3n) is 4.97. The van der Waals surface area contributed by atoms with E-state index in [2.05, 4.69) is 34.5 Å². The summed E-state index contributed by atoms with van der Waals surface area (Å²) >= 11 is 0. The zero-order valence-corrected chi connectivity index (χ0v) is 12.5. The van der Waals surface area contributed by atoms with Crippen molar-refractivity contribution in [1.82, 2.24) is 0 Å². The van der Waals surface area contributed by atoms with Crippen molar-refractivity contribution >= 4 is 23.3 Å². The van der Waals surface area contributed by atoms with Crippen molar-refractivity contribution < 1.29 is 4.79 Å². The minimum absolute atomic E-state index is 0.684. The molecule has 3 nitrogen and oxygen atoms in total. The highest BCUT2D eigenvalue weighted by Crippen LogP contribution is 2.40. The summed E-state index contributed by atoms with van der Waals surface area (Å²) in [7, 11) is 0.